The molecule has 19 heavy (non-hydrogen) atoms. The van der Waals surface area contributed by atoms with Crippen molar-refractivity contribution in [1.29, 1.82) is 0 Å². The summed E-state index contributed by atoms with van der Waals surface area (Å²) in [6.45, 7) is 4.24. The summed E-state index contributed by atoms with van der Waals surface area (Å²) in [5.74, 6) is 1.95. The van der Waals surface area contributed by atoms with Gasteiger partial charge in [0, 0.05) is 19.5 Å². The van der Waals surface area contributed by atoms with Crippen molar-refractivity contribution >= 4 is 17.2 Å². The van der Waals surface area contributed by atoms with Crippen molar-refractivity contribution in [3.05, 3.63) is 22.4 Å². The Kier molecular flexibility index (Phi) is 4.18. The second kappa shape index (κ2) is 6.06. The van der Waals surface area contributed by atoms with Crippen LogP contribution in [0.1, 0.15) is 24.8 Å². The molecule has 1 amide bonds. The summed E-state index contributed by atoms with van der Waals surface area (Å²) >= 11 is 1.71. The molecule has 2 aliphatic heterocycles. The Bertz CT molecular complexity index is 404. The first kappa shape index (κ1) is 13.1. The Morgan fingerprint density at radius 3 is 2.68 bits per heavy atom. The first-order chi connectivity index (χ1) is 9.33. The predicted molar refractivity (Wildman–Crippen MR) is 78.3 cm³/mol. The van der Waals surface area contributed by atoms with E-state index < -0.39 is 0 Å². The predicted octanol–water partition coefficient (Wildman–Crippen LogP) is 2.14. The van der Waals surface area contributed by atoms with Crippen LogP contribution in [0.5, 0.6) is 0 Å². The van der Waals surface area contributed by atoms with Gasteiger partial charge in [0.05, 0.1) is 0 Å². The van der Waals surface area contributed by atoms with Gasteiger partial charge >= 0.3 is 0 Å². The topological polar surface area (TPSA) is 32.3 Å². The van der Waals surface area contributed by atoms with Gasteiger partial charge in [-0.1, -0.05) is 0 Å². The average molecular weight is 278 g/mol. The molecule has 2 aliphatic rings. The normalized spacial score (nSPS) is 27.1. The summed E-state index contributed by atoms with van der Waals surface area (Å²) < 4.78 is 0. The second-order valence-corrected chi connectivity index (χ2v) is 6.55. The third-order valence-electron chi connectivity index (χ3n) is 4.58. The molecule has 0 saturated carbocycles. The third-order valence-corrected chi connectivity index (χ3v) is 5.31. The van der Waals surface area contributed by atoms with Gasteiger partial charge in [-0.3, -0.25) is 4.79 Å². The minimum Gasteiger partial charge on any atom is -0.343 e. The molecule has 0 aliphatic carbocycles. The number of aryl methyl sites for hydroxylation is 1. The highest BCUT2D eigenvalue weighted by atomic mass is 32.1. The molecule has 1 N–H and O–H groups in total. The number of likely N-dealkylation sites (tertiary alicyclic amines) is 1. The van der Waals surface area contributed by atoms with Crippen LogP contribution in [0.15, 0.2) is 16.8 Å². The third kappa shape index (κ3) is 3.18. The Morgan fingerprint density at radius 1 is 1.32 bits per heavy atom. The maximum atomic E-state index is 12.3. The summed E-state index contributed by atoms with van der Waals surface area (Å²) in [4.78, 5) is 14.4. The number of carbonyl (C=O) groups excluding carboxylic acids is 1. The number of rotatable bonds is 3. The summed E-state index contributed by atoms with van der Waals surface area (Å²) in [5, 5.41) is 7.71. The highest BCUT2D eigenvalue weighted by Gasteiger charge is 2.31. The van der Waals surface area contributed by atoms with E-state index in [1.165, 1.54) is 18.4 Å². The zero-order chi connectivity index (χ0) is 13.1. The largest absolute Gasteiger partial charge is 0.343 e. The number of carbonyl (C=O) groups is 1. The van der Waals surface area contributed by atoms with Crippen LogP contribution in [0.3, 0.4) is 0 Å². The second-order valence-electron chi connectivity index (χ2n) is 5.77. The van der Waals surface area contributed by atoms with Crippen molar-refractivity contribution in [3.63, 3.8) is 0 Å². The maximum Gasteiger partial charge on any atom is 0.222 e. The van der Waals surface area contributed by atoms with Gasteiger partial charge in [-0.15, -0.1) is 0 Å². The minimum atomic E-state index is 0.346. The molecule has 0 radical (unpaired) electrons. The molecule has 2 fully saturated rings. The molecule has 3 rings (SSSR count). The number of amides is 1. The Morgan fingerprint density at radius 2 is 2.05 bits per heavy atom. The molecule has 104 valence electrons. The van der Waals surface area contributed by atoms with Crippen LogP contribution >= 0.6 is 11.3 Å². The first-order valence-electron chi connectivity index (χ1n) is 7.32. The molecule has 3 nitrogen and oxygen atoms in total. The van der Waals surface area contributed by atoms with Crippen LogP contribution in [0.2, 0.25) is 0 Å². The lowest BCUT2D eigenvalue weighted by Crippen LogP contribution is -2.32. The smallest absolute Gasteiger partial charge is 0.222 e. The van der Waals surface area contributed by atoms with Crippen LogP contribution in [0.4, 0.5) is 0 Å². The monoisotopic (exact) mass is 278 g/mol. The SMILES string of the molecule is O=C(CCc1ccsc1)N1CC[C@@H]2CNC[C@@H]2CC1. The standard InChI is InChI=1S/C15H22N2OS/c18-15(2-1-12-5-8-19-11-12)17-6-3-13-9-16-10-14(13)4-7-17/h5,8,11,13-14,16H,1-4,6-7,9-10H2/t13-,14+. The van der Waals surface area contributed by atoms with Crippen molar-refractivity contribution < 1.29 is 4.79 Å². The molecule has 0 bridgehead atoms. The Balaban J connectivity index is 1.50. The molecule has 0 spiro atoms. The van der Waals surface area contributed by atoms with Crippen molar-refractivity contribution in [3.8, 4) is 0 Å². The van der Waals surface area contributed by atoms with Gasteiger partial charge in [0.15, 0.2) is 0 Å². The molecule has 1 aromatic rings. The van der Waals surface area contributed by atoms with Gasteiger partial charge in [-0.05, 0) is 66.6 Å². The number of thiophene rings is 1. The average Bonchev–Trinajstić information content (AvgIpc) is 3.05. The molecule has 2 saturated heterocycles. The van der Waals surface area contributed by atoms with Gasteiger partial charge < -0.3 is 10.2 Å². The number of fused-ring (bicyclic) bond motifs is 1. The Labute approximate surface area is 119 Å². The fourth-order valence-electron chi connectivity index (χ4n) is 3.31. The number of hydrogen-bond acceptors (Lipinski definition) is 3. The minimum absolute atomic E-state index is 0.346. The zero-order valence-corrected chi connectivity index (χ0v) is 12.1. The Hall–Kier alpha value is -0.870. The molecular formula is C15H22N2OS. The number of nitrogens with one attached hydrogen (secondary N) is 1. The van der Waals surface area contributed by atoms with Gasteiger partial charge in [0.2, 0.25) is 5.91 Å². The van der Waals surface area contributed by atoms with E-state index >= 15 is 0 Å². The summed E-state index contributed by atoms with van der Waals surface area (Å²) in [6, 6.07) is 2.12. The molecule has 4 heteroatoms. The molecule has 0 unspecified atom stereocenters. The fourth-order valence-corrected chi connectivity index (χ4v) is 4.01. The van der Waals surface area contributed by atoms with E-state index in [1.54, 1.807) is 11.3 Å². The quantitative estimate of drug-likeness (QED) is 0.919. The van der Waals surface area contributed by atoms with Gasteiger partial charge in [0.25, 0.3) is 0 Å². The van der Waals surface area contributed by atoms with Crippen LogP contribution in [0.25, 0.3) is 0 Å². The number of nitrogens with zero attached hydrogens (tertiary/aromatic N) is 1. The highest BCUT2D eigenvalue weighted by Crippen LogP contribution is 2.27. The van der Waals surface area contributed by atoms with E-state index in [0.29, 0.717) is 12.3 Å². The highest BCUT2D eigenvalue weighted by molar-refractivity contribution is 7.07. The lowest BCUT2D eigenvalue weighted by Gasteiger charge is -2.20. The summed E-state index contributed by atoms with van der Waals surface area (Å²) in [6.07, 6.45) is 3.93. The van der Waals surface area contributed by atoms with Gasteiger partial charge in [-0.2, -0.15) is 11.3 Å². The molecule has 3 heterocycles. The lowest BCUT2D eigenvalue weighted by atomic mass is 9.92. The van der Waals surface area contributed by atoms with E-state index in [4.69, 9.17) is 0 Å². The van der Waals surface area contributed by atoms with E-state index in [1.807, 2.05) is 0 Å². The summed E-state index contributed by atoms with van der Waals surface area (Å²) in [7, 11) is 0. The first-order valence-corrected chi connectivity index (χ1v) is 8.27. The summed E-state index contributed by atoms with van der Waals surface area (Å²) in [5.41, 5.74) is 1.30. The van der Waals surface area contributed by atoms with E-state index in [0.717, 1.165) is 44.4 Å². The van der Waals surface area contributed by atoms with Gasteiger partial charge in [-0.25, -0.2) is 0 Å². The molecule has 1 aromatic heterocycles. The zero-order valence-electron chi connectivity index (χ0n) is 11.3. The van der Waals surface area contributed by atoms with Gasteiger partial charge in [0.1, 0.15) is 0 Å². The van der Waals surface area contributed by atoms with Crippen molar-refractivity contribution in [1.82, 2.24) is 10.2 Å². The van der Waals surface area contributed by atoms with E-state index in [9.17, 15) is 4.79 Å². The van der Waals surface area contributed by atoms with Crippen LogP contribution in [-0.2, 0) is 11.2 Å². The van der Waals surface area contributed by atoms with Crippen molar-refractivity contribution in [2.75, 3.05) is 26.2 Å². The fraction of sp³-hybridized carbons (Fsp3) is 0.667. The molecule has 2 atom stereocenters. The van der Waals surface area contributed by atoms with Crippen molar-refractivity contribution in [2.24, 2.45) is 11.8 Å². The number of hydrogen-bond donors (Lipinski definition) is 1. The van der Waals surface area contributed by atoms with E-state index in [2.05, 4.69) is 27.0 Å². The maximum absolute atomic E-state index is 12.3. The van der Waals surface area contributed by atoms with Crippen LogP contribution < -0.4 is 5.32 Å². The molecular weight excluding hydrogens is 256 g/mol. The van der Waals surface area contributed by atoms with Crippen LogP contribution in [-0.4, -0.2) is 37.0 Å². The molecule has 0 aromatic carbocycles. The van der Waals surface area contributed by atoms with Crippen LogP contribution in [0, 0.1) is 11.8 Å². The lowest BCUT2D eigenvalue weighted by molar-refractivity contribution is -0.131. The van der Waals surface area contributed by atoms with Crippen molar-refractivity contribution in [2.45, 2.75) is 25.7 Å². The van der Waals surface area contributed by atoms with E-state index in [-0.39, 0.29) is 0 Å².